The maximum atomic E-state index is 2.36. The van der Waals surface area contributed by atoms with Gasteiger partial charge in [-0.3, -0.25) is 0 Å². The van der Waals surface area contributed by atoms with Gasteiger partial charge in [0.15, 0.2) is 0 Å². The van der Waals surface area contributed by atoms with E-state index in [-0.39, 0.29) is 0 Å². The van der Waals surface area contributed by atoms with Crippen LogP contribution in [-0.2, 0) is 17.6 Å². The van der Waals surface area contributed by atoms with Crippen LogP contribution in [0.15, 0.2) is 66.7 Å². The molecule has 0 aromatic heterocycles. The highest BCUT2D eigenvalue weighted by Gasteiger charge is 2.58. The summed E-state index contributed by atoms with van der Waals surface area (Å²) in [4.78, 5) is 0. The maximum absolute atomic E-state index is 2.36. The molecule has 0 saturated carbocycles. The van der Waals surface area contributed by atoms with Crippen LogP contribution < -0.4 is 0 Å². The molecule has 1 aliphatic heterocycles. The van der Waals surface area contributed by atoms with Gasteiger partial charge in [0.25, 0.3) is 0 Å². The lowest BCUT2D eigenvalue weighted by atomic mass is 9.78. The average Bonchev–Trinajstić information content (AvgIpc) is 3.23. The summed E-state index contributed by atoms with van der Waals surface area (Å²) in [5.74, 6) is 0. The number of hydrogen-bond donors (Lipinski definition) is 0. The summed E-state index contributed by atoms with van der Waals surface area (Å²) in [6, 6.07) is 24.6. The molecule has 0 N–H and O–H groups in total. The zero-order valence-corrected chi connectivity index (χ0v) is 12.6. The molecule has 1 fully saturated rings. The van der Waals surface area contributed by atoms with Crippen LogP contribution in [0.1, 0.15) is 16.7 Å². The van der Waals surface area contributed by atoms with Crippen LogP contribution in [0.4, 0.5) is 0 Å². The monoisotopic (exact) mass is 288 g/mol. The Hall–Kier alpha value is -1.73. The van der Waals surface area contributed by atoms with E-state index in [9.17, 15) is 0 Å². The molecule has 0 bridgehead atoms. The maximum Gasteiger partial charge on any atom is 0.0579 e. The van der Waals surface area contributed by atoms with Crippen molar-refractivity contribution in [2.24, 2.45) is 0 Å². The van der Waals surface area contributed by atoms with E-state index >= 15 is 0 Å². The van der Waals surface area contributed by atoms with Crippen LogP contribution in [0.2, 0.25) is 0 Å². The Balaban J connectivity index is 1.70. The van der Waals surface area contributed by atoms with Gasteiger partial charge in [0.2, 0.25) is 0 Å². The van der Waals surface area contributed by atoms with E-state index in [0.29, 0.717) is 4.75 Å². The normalized spacial score (nSPS) is 25.6. The van der Waals surface area contributed by atoms with Crippen LogP contribution >= 0.6 is 11.8 Å². The molecule has 0 nitrogen and oxygen atoms in total. The lowest BCUT2D eigenvalue weighted by Crippen LogP contribution is -2.22. The largest absolute Gasteiger partial charge is 0.143 e. The van der Waals surface area contributed by atoms with Crippen molar-refractivity contribution in [1.29, 1.82) is 0 Å². The minimum Gasteiger partial charge on any atom is -0.143 e. The molecule has 1 heterocycles. The lowest BCUT2D eigenvalue weighted by Gasteiger charge is -2.24. The number of thioether (sulfide) groups is 1. The molecule has 5 rings (SSSR count). The van der Waals surface area contributed by atoms with Gasteiger partial charge in [0, 0.05) is 5.25 Å². The van der Waals surface area contributed by atoms with Crippen LogP contribution in [0.5, 0.6) is 0 Å². The first-order valence-electron chi connectivity index (χ1n) is 7.60. The Labute approximate surface area is 129 Å². The highest BCUT2D eigenvalue weighted by Crippen LogP contribution is 2.67. The summed E-state index contributed by atoms with van der Waals surface area (Å²) < 4.78 is 0.329. The zero-order valence-electron chi connectivity index (χ0n) is 11.8. The molecule has 102 valence electrons. The summed E-state index contributed by atoms with van der Waals surface area (Å²) >= 11 is 2.17. The third-order valence-corrected chi connectivity index (χ3v) is 6.65. The number of fused-ring (bicyclic) bond motifs is 2. The standard InChI is InChI=1S/C20H16S/c1-2-6-14(7-3-1)13-20-17-11-5-9-15-8-4-10-16(19(15)17)12-18(20)21-20/h1-11,18H,12-13H2. The Kier molecular flexibility index (Phi) is 2.34. The predicted octanol–water partition coefficient (Wildman–Crippen LogP) is 4.95. The van der Waals surface area contributed by atoms with Crippen molar-refractivity contribution in [3.05, 3.63) is 83.4 Å². The fourth-order valence-electron chi connectivity index (χ4n) is 3.95. The van der Waals surface area contributed by atoms with E-state index < -0.39 is 0 Å². The summed E-state index contributed by atoms with van der Waals surface area (Å²) in [5, 5.41) is 3.69. The third kappa shape index (κ3) is 1.64. The van der Waals surface area contributed by atoms with Gasteiger partial charge in [-0.2, -0.15) is 0 Å². The molecule has 2 atom stereocenters. The van der Waals surface area contributed by atoms with E-state index in [0.717, 1.165) is 11.7 Å². The molecule has 0 radical (unpaired) electrons. The van der Waals surface area contributed by atoms with Crippen molar-refractivity contribution in [2.75, 3.05) is 0 Å². The van der Waals surface area contributed by atoms with E-state index in [1.807, 2.05) is 0 Å². The summed E-state index contributed by atoms with van der Waals surface area (Å²) in [5.41, 5.74) is 4.58. The highest BCUT2D eigenvalue weighted by atomic mass is 32.2. The van der Waals surface area contributed by atoms with Crippen molar-refractivity contribution < 1.29 is 0 Å². The Bertz CT molecular complexity index is 832. The van der Waals surface area contributed by atoms with Gasteiger partial charge in [-0.15, -0.1) is 11.8 Å². The molecule has 1 aliphatic carbocycles. The molecule has 2 unspecified atom stereocenters. The molecular formula is C20H16S. The van der Waals surface area contributed by atoms with Crippen LogP contribution in [0.3, 0.4) is 0 Å². The van der Waals surface area contributed by atoms with E-state index in [2.05, 4.69) is 78.5 Å². The first kappa shape index (κ1) is 11.9. The van der Waals surface area contributed by atoms with Gasteiger partial charge in [-0.05, 0) is 40.3 Å². The van der Waals surface area contributed by atoms with E-state index in [1.165, 1.54) is 22.8 Å². The minimum atomic E-state index is 0.329. The highest BCUT2D eigenvalue weighted by molar-refractivity contribution is 8.08. The third-order valence-electron chi connectivity index (χ3n) is 4.98. The first-order valence-corrected chi connectivity index (χ1v) is 8.48. The van der Waals surface area contributed by atoms with Crippen LogP contribution in [0, 0.1) is 0 Å². The van der Waals surface area contributed by atoms with Gasteiger partial charge in [-0.25, -0.2) is 0 Å². The summed E-state index contributed by atoms with van der Waals surface area (Å²) in [6.07, 6.45) is 2.39. The Morgan fingerprint density at radius 3 is 2.57 bits per heavy atom. The van der Waals surface area contributed by atoms with Crippen molar-refractivity contribution in [2.45, 2.75) is 22.8 Å². The van der Waals surface area contributed by atoms with Crippen molar-refractivity contribution >= 4 is 22.5 Å². The second-order valence-electron chi connectivity index (χ2n) is 6.18. The molecular weight excluding hydrogens is 272 g/mol. The number of rotatable bonds is 2. The summed E-state index contributed by atoms with van der Waals surface area (Å²) in [7, 11) is 0. The summed E-state index contributed by atoms with van der Waals surface area (Å²) in [6.45, 7) is 0. The molecule has 1 saturated heterocycles. The van der Waals surface area contributed by atoms with Gasteiger partial charge >= 0.3 is 0 Å². The molecule has 21 heavy (non-hydrogen) atoms. The number of hydrogen-bond acceptors (Lipinski definition) is 1. The molecule has 0 amide bonds. The molecule has 1 heteroatoms. The fourth-order valence-corrected chi connectivity index (χ4v) is 5.50. The van der Waals surface area contributed by atoms with Gasteiger partial charge in [0.05, 0.1) is 4.75 Å². The van der Waals surface area contributed by atoms with Crippen molar-refractivity contribution in [1.82, 2.24) is 0 Å². The molecule has 0 spiro atoms. The minimum absolute atomic E-state index is 0.329. The zero-order chi connectivity index (χ0) is 13.9. The van der Waals surface area contributed by atoms with Crippen LogP contribution in [0.25, 0.3) is 10.8 Å². The van der Waals surface area contributed by atoms with Gasteiger partial charge in [-0.1, -0.05) is 66.7 Å². The van der Waals surface area contributed by atoms with E-state index in [1.54, 1.807) is 11.1 Å². The second-order valence-corrected chi connectivity index (χ2v) is 7.72. The molecule has 3 aromatic carbocycles. The molecule has 3 aromatic rings. The number of benzene rings is 3. The lowest BCUT2D eigenvalue weighted by molar-refractivity contribution is 0.658. The first-order chi connectivity index (χ1) is 10.4. The van der Waals surface area contributed by atoms with Crippen LogP contribution in [-0.4, -0.2) is 5.25 Å². The van der Waals surface area contributed by atoms with E-state index in [4.69, 9.17) is 0 Å². The predicted molar refractivity (Wildman–Crippen MR) is 90.9 cm³/mol. The van der Waals surface area contributed by atoms with Gasteiger partial charge < -0.3 is 0 Å². The Morgan fingerprint density at radius 1 is 0.905 bits per heavy atom. The van der Waals surface area contributed by atoms with Gasteiger partial charge in [0.1, 0.15) is 0 Å². The fraction of sp³-hybridized carbons (Fsp3) is 0.200. The SMILES string of the molecule is c1ccc(CC23SC2Cc2cccc4cccc3c24)cc1. The molecule has 2 aliphatic rings. The van der Waals surface area contributed by atoms with Crippen molar-refractivity contribution in [3.63, 3.8) is 0 Å². The average molecular weight is 288 g/mol. The Morgan fingerprint density at radius 2 is 1.71 bits per heavy atom. The topological polar surface area (TPSA) is 0 Å². The second kappa shape index (κ2) is 4.14. The van der Waals surface area contributed by atoms with Crippen molar-refractivity contribution in [3.8, 4) is 0 Å². The quantitative estimate of drug-likeness (QED) is 0.601. The smallest absolute Gasteiger partial charge is 0.0579 e.